The fraction of sp³-hybridized carbons (Fsp3) is 0.833. The highest BCUT2D eigenvalue weighted by molar-refractivity contribution is 4.83. The molecule has 0 unspecified atom stereocenters. The zero-order valence-electron chi connectivity index (χ0n) is 9.26. The summed E-state index contributed by atoms with van der Waals surface area (Å²) in [5, 5.41) is 0. The van der Waals surface area contributed by atoms with Gasteiger partial charge in [-0.2, -0.15) is 0 Å². The van der Waals surface area contributed by atoms with Gasteiger partial charge >= 0.3 is 0 Å². The van der Waals surface area contributed by atoms with Gasteiger partial charge in [-0.1, -0.05) is 13.0 Å². The van der Waals surface area contributed by atoms with Crippen molar-refractivity contribution >= 4 is 0 Å². The van der Waals surface area contributed by atoms with Gasteiger partial charge in [0.25, 0.3) is 0 Å². The molecule has 0 aromatic carbocycles. The quantitative estimate of drug-likeness (QED) is 0.441. The van der Waals surface area contributed by atoms with E-state index in [1.165, 1.54) is 12.8 Å². The van der Waals surface area contributed by atoms with E-state index in [0.717, 1.165) is 39.3 Å². The van der Waals surface area contributed by atoms with Crippen LogP contribution >= 0.6 is 0 Å². The molecule has 1 aliphatic rings. The van der Waals surface area contributed by atoms with Crippen LogP contribution in [0.5, 0.6) is 0 Å². The number of unbranched alkanes of at least 4 members (excludes halogenated alkanes) is 2. The minimum Gasteiger partial charge on any atom is -0.381 e. The molecular formula is C12H22O2. The Morgan fingerprint density at radius 2 is 2.21 bits per heavy atom. The van der Waals surface area contributed by atoms with E-state index in [1.807, 2.05) is 6.08 Å². The minimum atomic E-state index is 0.346. The highest BCUT2D eigenvalue weighted by atomic mass is 16.5. The average Bonchev–Trinajstić information content (AvgIpc) is 2.15. The van der Waals surface area contributed by atoms with Gasteiger partial charge < -0.3 is 9.47 Å². The number of hydrogen-bond donors (Lipinski definition) is 0. The Bertz CT molecular complexity index is 156. The summed E-state index contributed by atoms with van der Waals surface area (Å²) >= 11 is 0. The minimum absolute atomic E-state index is 0.346. The molecule has 2 nitrogen and oxygen atoms in total. The van der Waals surface area contributed by atoms with E-state index in [0.29, 0.717) is 5.41 Å². The number of allylic oxidation sites excluding steroid dienone is 1. The molecule has 1 fully saturated rings. The van der Waals surface area contributed by atoms with Crippen molar-refractivity contribution in [2.45, 2.75) is 32.6 Å². The van der Waals surface area contributed by atoms with Crippen LogP contribution in [0.2, 0.25) is 0 Å². The van der Waals surface area contributed by atoms with Crippen LogP contribution in [-0.4, -0.2) is 26.4 Å². The van der Waals surface area contributed by atoms with E-state index in [2.05, 4.69) is 13.5 Å². The lowest BCUT2D eigenvalue weighted by Gasteiger charge is -2.40. The zero-order chi connectivity index (χ0) is 10.3. The van der Waals surface area contributed by atoms with Crippen LogP contribution in [0.25, 0.3) is 0 Å². The van der Waals surface area contributed by atoms with Crippen LogP contribution in [0.4, 0.5) is 0 Å². The predicted octanol–water partition coefficient (Wildman–Crippen LogP) is 2.79. The number of hydrogen-bond acceptors (Lipinski definition) is 2. The SMILES string of the molecule is C=CCCCCOCC1(CC)COC1. The van der Waals surface area contributed by atoms with Gasteiger partial charge in [-0.15, -0.1) is 6.58 Å². The first kappa shape index (κ1) is 11.7. The zero-order valence-corrected chi connectivity index (χ0v) is 9.26. The molecule has 82 valence electrons. The van der Waals surface area contributed by atoms with Crippen molar-refractivity contribution in [3.05, 3.63) is 12.7 Å². The Balaban J connectivity index is 1.95. The Kier molecular flexibility index (Phi) is 5.20. The standard InChI is InChI=1S/C12H22O2/c1-3-5-6-7-8-13-9-12(4-2)10-14-11-12/h3H,1,4-11H2,2H3. The largest absolute Gasteiger partial charge is 0.381 e. The van der Waals surface area contributed by atoms with E-state index < -0.39 is 0 Å². The van der Waals surface area contributed by atoms with Crippen LogP contribution in [-0.2, 0) is 9.47 Å². The summed E-state index contributed by atoms with van der Waals surface area (Å²) in [6.45, 7) is 9.44. The maximum Gasteiger partial charge on any atom is 0.0566 e. The molecule has 0 spiro atoms. The molecule has 0 aromatic heterocycles. The molecular weight excluding hydrogens is 176 g/mol. The van der Waals surface area contributed by atoms with E-state index in [1.54, 1.807) is 0 Å². The first-order valence-corrected chi connectivity index (χ1v) is 5.59. The second-order valence-electron chi connectivity index (χ2n) is 4.18. The maximum atomic E-state index is 5.66. The van der Waals surface area contributed by atoms with Gasteiger partial charge in [0.05, 0.1) is 19.8 Å². The fourth-order valence-corrected chi connectivity index (χ4v) is 1.56. The van der Waals surface area contributed by atoms with Gasteiger partial charge in [0, 0.05) is 12.0 Å². The predicted molar refractivity (Wildman–Crippen MR) is 58.4 cm³/mol. The molecule has 1 aliphatic heterocycles. The van der Waals surface area contributed by atoms with Crippen molar-refractivity contribution in [1.29, 1.82) is 0 Å². The van der Waals surface area contributed by atoms with Crippen molar-refractivity contribution in [3.63, 3.8) is 0 Å². The van der Waals surface area contributed by atoms with Gasteiger partial charge in [-0.25, -0.2) is 0 Å². The molecule has 14 heavy (non-hydrogen) atoms. The molecule has 0 atom stereocenters. The van der Waals surface area contributed by atoms with E-state index in [-0.39, 0.29) is 0 Å². The lowest BCUT2D eigenvalue weighted by molar-refractivity contribution is -0.150. The van der Waals surface area contributed by atoms with Crippen LogP contribution in [0.3, 0.4) is 0 Å². The third-order valence-corrected chi connectivity index (χ3v) is 2.92. The Morgan fingerprint density at radius 3 is 2.71 bits per heavy atom. The van der Waals surface area contributed by atoms with E-state index >= 15 is 0 Å². The average molecular weight is 198 g/mol. The summed E-state index contributed by atoms with van der Waals surface area (Å²) in [4.78, 5) is 0. The van der Waals surface area contributed by atoms with Crippen LogP contribution in [0, 0.1) is 5.41 Å². The maximum absolute atomic E-state index is 5.66. The molecule has 0 bridgehead atoms. The Hall–Kier alpha value is -0.340. The van der Waals surface area contributed by atoms with E-state index in [9.17, 15) is 0 Å². The molecule has 0 radical (unpaired) electrons. The molecule has 1 saturated heterocycles. The van der Waals surface area contributed by atoms with E-state index in [4.69, 9.17) is 9.47 Å². The normalized spacial score (nSPS) is 18.9. The van der Waals surface area contributed by atoms with Crippen molar-refractivity contribution in [1.82, 2.24) is 0 Å². The third-order valence-electron chi connectivity index (χ3n) is 2.92. The molecule has 0 amide bonds. The molecule has 0 N–H and O–H groups in total. The van der Waals surface area contributed by atoms with Gasteiger partial charge in [0.2, 0.25) is 0 Å². The molecule has 1 heterocycles. The highest BCUT2D eigenvalue weighted by Gasteiger charge is 2.36. The van der Waals surface area contributed by atoms with Crippen molar-refractivity contribution in [2.24, 2.45) is 5.41 Å². The van der Waals surface area contributed by atoms with Crippen LogP contribution < -0.4 is 0 Å². The molecule has 0 saturated carbocycles. The molecule has 0 aliphatic carbocycles. The first-order valence-electron chi connectivity index (χ1n) is 5.59. The van der Waals surface area contributed by atoms with Gasteiger partial charge in [-0.3, -0.25) is 0 Å². The first-order chi connectivity index (χ1) is 6.83. The third kappa shape index (κ3) is 3.43. The fourth-order valence-electron chi connectivity index (χ4n) is 1.56. The molecule has 2 heteroatoms. The van der Waals surface area contributed by atoms with Crippen molar-refractivity contribution < 1.29 is 9.47 Å². The summed E-state index contributed by atoms with van der Waals surface area (Å²) in [5.41, 5.74) is 0.346. The molecule has 0 aromatic rings. The highest BCUT2D eigenvalue weighted by Crippen LogP contribution is 2.31. The number of ether oxygens (including phenoxy) is 2. The van der Waals surface area contributed by atoms with Crippen molar-refractivity contribution in [3.8, 4) is 0 Å². The van der Waals surface area contributed by atoms with Crippen LogP contribution in [0.15, 0.2) is 12.7 Å². The monoisotopic (exact) mass is 198 g/mol. The lowest BCUT2D eigenvalue weighted by atomic mass is 9.84. The van der Waals surface area contributed by atoms with Gasteiger partial charge in [0.1, 0.15) is 0 Å². The Morgan fingerprint density at radius 1 is 1.43 bits per heavy atom. The lowest BCUT2D eigenvalue weighted by Crippen LogP contribution is -2.45. The Labute approximate surface area is 87.3 Å². The van der Waals surface area contributed by atoms with Crippen LogP contribution in [0.1, 0.15) is 32.6 Å². The smallest absolute Gasteiger partial charge is 0.0566 e. The van der Waals surface area contributed by atoms with Gasteiger partial charge in [-0.05, 0) is 25.7 Å². The topological polar surface area (TPSA) is 18.5 Å². The van der Waals surface area contributed by atoms with Crippen molar-refractivity contribution in [2.75, 3.05) is 26.4 Å². The number of rotatable bonds is 8. The summed E-state index contributed by atoms with van der Waals surface area (Å²) < 4.78 is 10.9. The van der Waals surface area contributed by atoms with Gasteiger partial charge in [0.15, 0.2) is 0 Å². The summed E-state index contributed by atoms with van der Waals surface area (Å²) in [5.74, 6) is 0. The summed E-state index contributed by atoms with van der Waals surface area (Å²) in [6, 6.07) is 0. The second-order valence-corrected chi connectivity index (χ2v) is 4.18. The summed E-state index contributed by atoms with van der Waals surface area (Å²) in [6.07, 6.45) is 6.57. The molecule has 1 rings (SSSR count). The second kappa shape index (κ2) is 6.20. The summed E-state index contributed by atoms with van der Waals surface area (Å²) in [7, 11) is 0.